The van der Waals surface area contributed by atoms with E-state index in [1.807, 2.05) is 10.8 Å². The smallest absolute Gasteiger partial charge is 0.270 e. The van der Waals surface area contributed by atoms with E-state index in [1.54, 1.807) is 38.0 Å². The number of aryl methyl sites for hydroxylation is 2. The van der Waals surface area contributed by atoms with Crippen LogP contribution >= 0.6 is 0 Å². The topological polar surface area (TPSA) is 107 Å². The summed E-state index contributed by atoms with van der Waals surface area (Å²) >= 11 is 0. The van der Waals surface area contributed by atoms with Gasteiger partial charge in [0, 0.05) is 32.9 Å². The molecule has 0 aliphatic carbocycles. The molecule has 1 N–H and O–H groups in total. The second kappa shape index (κ2) is 7.22. The predicted octanol–water partition coefficient (Wildman–Crippen LogP) is 0.542. The Hall–Kier alpha value is -2.17. The molecule has 0 fully saturated rings. The fourth-order valence-electron chi connectivity index (χ4n) is 3.19. The van der Waals surface area contributed by atoms with E-state index in [4.69, 9.17) is 9.26 Å². The van der Waals surface area contributed by atoms with E-state index in [9.17, 15) is 13.2 Å². The zero-order valence-electron chi connectivity index (χ0n) is 14.9. The molecule has 1 aliphatic rings. The van der Waals surface area contributed by atoms with Gasteiger partial charge in [0.25, 0.3) is 5.91 Å². The Balaban J connectivity index is 1.80. The maximum atomic E-state index is 12.7. The zero-order chi connectivity index (χ0) is 18.9. The number of amides is 1. The molecule has 0 saturated heterocycles. The van der Waals surface area contributed by atoms with Gasteiger partial charge in [0.1, 0.15) is 16.3 Å². The number of rotatable bonds is 7. The first-order valence-corrected chi connectivity index (χ1v) is 9.71. The summed E-state index contributed by atoms with van der Waals surface area (Å²) in [7, 11) is -2.23. The summed E-state index contributed by atoms with van der Waals surface area (Å²) in [6.07, 6.45) is 1.82. The first-order valence-electron chi connectivity index (χ1n) is 8.22. The Labute approximate surface area is 151 Å². The highest BCUT2D eigenvalue weighted by Crippen LogP contribution is 2.21. The predicted molar refractivity (Wildman–Crippen MR) is 92.3 cm³/mol. The molecular weight excluding hydrogens is 360 g/mol. The number of carbonyl (C=O) groups is 1. The van der Waals surface area contributed by atoms with Crippen molar-refractivity contribution in [1.82, 2.24) is 19.3 Å². The Morgan fingerprint density at radius 3 is 2.85 bits per heavy atom. The maximum absolute atomic E-state index is 12.7. The number of methoxy groups -OCH3 is 1. The van der Waals surface area contributed by atoms with E-state index in [1.165, 1.54) is 0 Å². The molecule has 1 amide bonds. The van der Waals surface area contributed by atoms with E-state index in [2.05, 4.69) is 9.88 Å². The van der Waals surface area contributed by atoms with Crippen molar-refractivity contribution < 1.29 is 22.5 Å². The van der Waals surface area contributed by atoms with Gasteiger partial charge >= 0.3 is 0 Å². The molecule has 1 atom stereocenters. The molecule has 3 heterocycles. The lowest BCUT2D eigenvalue weighted by Crippen LogP contribution is -2.53. The molecule has 0 bridgehead atoms. The Morgan fingerprint density at radius 2 is 2.19 bits per heavy atom. The average molecular weight is 382 g/mol. The summed E-state index contributed by atoms with van der Waals surface area (Å²) < 4.78 is 39.7. The number of carbonyl (C=O) groups excluding carboxylic acids is 1. The van der Waals surface area contributed by atoms with Crippen LogP contribution in [-0.2, 0) is 21.3 Å². The van der Waals surface area contributed by atoms with E-state index >= 15 is 0 Å². The molecule has 1 unspecified atom stereocenters. The molecular formula is C16H22N4O5S. The molecule has 0 radical (unpaired) electrons. The highest BCUT2D eigenvalue weighted by atomic mass is 32.2. The molecule has 10 heteroatoms. The van der Waals surface area contributed by atoms with Crippen molar-refractivity contribution in [2.24, 2.45) is 0 Å². The third-order valence-electron chi connectivity index (χ3n) is 4.44. The van der Waals surface area contributed by atoms with E-state index in [0.717, 1.165) is 0 Å². The van der Waals surface area contributed by atoms with Crippen molar-refractivity contribution >= 4 is 15.9 Å². The first kappa shape index (κ1) is 18.6. The molecule has 9 nitrogen and oxygen atoms in total. The number of hydrogen-bond donors (Lipinski definition) is 1. The van der Waals surface area contributed by atoms with Gasteiger partial charge < -0.3 is 18.7 Å². The number of nitrogens with one attached hydrogen (secondary N) is 1. The summed E-state index contributed by atoms with van der Waals surface area (Å²) in [5.41, 5.74) is 0.893. The summed E-state index contributed by atoms with van der Waals surface area (Å²) in [5, 5.41) is 3.69. The Kier molecular flexibility index (Phi) is 5.17. The first-order chi connectivity index (χ1) is 12.3. The van der Waals surface area contributed by atoms with Gasteiger partial charge in [-0.25, -0.2) is 13.1 Å². The van der Waals surface area contributed by atoms with Crippen LogP contribution in [0.3, 0.4) is 0 Å². The van der Waals surface area contributed by atoms with Crippen LogP contribution in [0.2, 0.25) is 0 Å². The largest absolute Gasteiger partial charge is 0.383 e. The standard InChI is InChI=1S/C16H22N4O5S/c1-11-15(12(2)25-18-11)26(22,23)17-9-13-10-19-6-4-5-14(19)16(21)20(13)7-8-24-3/h4-6,13,17H,7-10H2,1-3H3. The molecule has 0 spiro atoms. The minimum absolute atomic E-state index is 0.0460. The third kappa shape index (κ3) is 3.39. The molecule has 0 saturated carbocycles. The van der Waals surface area contributed by atoms with Gasteiger partial charge in [-0.15, -0.1) is 0 Å². The lowest BCUT2D eigenvalue weighted by Gasteiger charge is -2.36. The number of fused-ring (bicyclic) bond motifs is 1. The normalized spacial score (nSPS) is 17.6. The van der Waals surface area contributed by atoms with E-state index in [-0.39, 0.29) is 29.1 Å². The lowest BCUT2D eigenvalue weighted by molar-refractivity contribution is 0.0518. The zero-order valence-corrected chi connectivity index (χ0v) is 15.7. The minimum atomic E-state index is -3.79. The fourth-order valence-corrected chi connectivity index (χ4v) is 4.59. The quantitative estimate of drug-likeness (QED) is 0.749. The van der Waals surface area contributed by atoms with Gasteiger partial charge in [-0.3, -0.25) is 4.79 Å². The summed E-state index contributed by atoms with van der Waals surface area (Å²) in [6.45, 7) is 4.47. The highest BCUT2D eigenvalue weighted by molar-refractivity contribution is 7.89. The average Bonchev–Trinajstić information content (AvgIpc) is 3.19. The summed E-state index contributed by atoms with van der Waals surface area (Å²) in [5.74, 6) is 0.0958. The van der Waals surface area contributed by atoms with Crippen molar-refractivity contribution in [3.63, 3.8) is 0 Å². The van der Waals surface area contributed by atoms with Crippen LogP contribution in [0.25, 0.3) is 0 Å². The number of sulfonamides is 1. The molecule has 3 rings (SSSR count). The van der Waals surface area contributed by atoms with Crippen molar-refractivity contribution in [2.45, 2.75) is 31.3 Å². The van der Waals surface area contributed by atoms with E-state index in [0.29, 0.717) is 31.1 Å². The number of nitrogens with zero attached hydrogens (tertiary/aromatic N) is 3. The summed E-state index contributed by atoms with van der Waals surface area (Å²) in [4.78, 5) is 14.4. The number of ether oxygens (including phenoxy) is 1. The number of aromatic nitrogens is 2. The van der Waals surface area contributed by atoms with Gasteiger partial charge in [-0.1, -0.05) is 5.16 Å². The SMILES string of the molecule is COCCN1C(=O)c2cccn2CC1CNS(=O)(=O)c1c(C)noc1C. The highest BCUT2D eigenvalue weighted by Gasteiger charge is 2.33. The maximum Gasteiger partial charge on any atom is 0.270 e. The minimum Gasteiger partial charge on any atom is -0.383 e. The second-order valence-corrected chi connectivity index (χ2v) is 7.90. The van der Waals surface area contributed by atoms with E-state index < -0.39 is 10.0 Å². The molecule has 2 aromatic heterocycles. The van der Waals surface area contributed by atoms with Crippen LogP contribution in [0.1, 0.15) is 21.9 Å². The van der Waals surface area contributed by atoms with Crippen molar-refractivity contribution in [1.29, 1.82) is 0 Å². The van der Waals surface area contributed by atoms with Crippen LogP contribution < -0.4 is 4.72 Å². The fraction of sp³-hybridized carbons (Fsp3) is 0.500. The van der Waals surface area contributed by atoms with Crippen LogP contribution in [-0.4, -0.2) is 61.8 Å². The molecule has 26 heavy (non-hydrogen) atoms. The van der Waals surface area contributed by atoms with Gasteiger partial charge in [0.2, 0.25) is 10.0 Å². The Bertz CT molecular complexity index is 882. The Morgan fingerprint density at radius 1 is 1.42 bits per heavy atom. The third-order valence-corrected chi connectivity index (χ3v) is 6.11. The van der Waals surface area contributed by atoms with Crippen molar-refractivity contribution in [2.75, 3.05) is 26.8 Å². The second-order valence-electron chi connectivity index (χ2n) is 6.20. The van der Waals surface area contributed by atoms with Crippen molar-refractivity contribution in [3.05, 3.63) is 35.5 Å². The van der Waals surface area contributed by atoms with Gasteiger partial charge in [0.05, 0.1) is 12.6 Å². The van der Waals surface area contributed by atoms with Crippen LogP contribution in [0.4, 0.5) is 0 Å². The molecule has 2 aromatic rings. The summed E-state index contributed by atoms with van der Waals surface area (Å²) in [6, 6.07) is 3.23. The van der Waals surface area contributed by atoms with Crippen LogP contribution in [0.5, 0.6) is 0 Å². The number of hydrogen-bond acceptors (Lipinski definition) is 6. The van der Waals surface area contributed by atoms with Gasteiger partial charge in [-0.2, -0.15) is 0 Å². The van der Waals surface area contributed by atoms with Gasteiger partial charge in [-0.05, 0) is 26.0 Å². The molecule has 142 valence electrons. The lowest BCUT2D eigenvalue weighted by atomic mass is 10.1. The van der Waals surface area contributed by atoms with Crippen molar-refractivity contribution in [3.8, 4) is 0 Å². The molecule has 1 aliphatic heterocycles. The van der Waals surface area contributed by atoms with Crippen LogP contribution in [0.15, 0.2) is 27.7 Å². The monoisotopic (exact) mass is 382 g/mol. The van der Waals surface area contributed by atoms with Crippen LogP contribution in [0, 0.1) is 13.8 Å². The van der Waals surface area contributed by atoms with Gasteiger partial charge in [0.15, 0.2) is 5.76 Å². The molecule has 0 aromatic carbocycles.